The molecule has 0 radical (unpaired) electrons. The van der Waals surface area contributed by atoms with Gasteiger partial charge in [0.05, 0.1) is 18.5 Å². The molecule has 0 bridgehead atoms. The largest absolute Gasteiger partial charge is 0.462 e. The van der Waals surface area contributed by atoms with Crippen LogP contribution in [0.3, 0.4) is 0 Å². The second-order valence-corrected chi connectivity index (χ2v) is 9.25. The van der Waals surface area contributed by atoms with Crippen molar-refractivity contribution in [1.82, 2.24) is 19.8 Å². The number of hydrogen-bond donors (Lipinski definition) is 0. The number of carbonyl (C=O) groups excluding carboxylic acids is 2. The molecule has 2 fully saturated rings. The highest BCUT2D eigenvalue weighted by Gasteiger charge is 2.27. The third-order valence-electron chi connectivity index (χ3n) is 6.12. The highest BCUT2D eigenvalue weighted by atomic mass is 32.1. The minimum Gasteiger partial charge on any atom is -0.462 e. The maximum atomic E-state index is 12.5. The summed E-state index contributed by atoms with van der Waals surface area (Å²) in [6, 6.07) is 0. The average Bonchev–Trinajstić information content (AvgIpc) is 3.10. The molecule has 0 saturated carbocycles. The Hall–Kier alpha value is -2.26. The smallest absolute Gasteiger partial charge is 0.348 e. The van der Waals surface area contributed by atoms with Crippen molar-refractivity contribution in [3.63, 3.8) is 0 Å². The predicted octanol–water partition coefficient (Wildman–Crippen LogP) is 2.83. The van der Waals surface area contributed by atoms with E-state index in [0.717, 1.165) is 60.1 Å². The Kier molecular flexibility index (Phi) is 6.71. The number of anilines is 1. The van der Waals surface area contributed by atoms with Crippen LogP contribution in [0.2, 0.25) is 0 Å². The number of piperidine rings is 1. The summed E-state index contributed by atoms with van der Waals surface area (Å²) in [6.45, 7) is 11.4. The zero-order valence-electron chi connectivity index (χ0n) is 18.6. The Morgan fingerprint density at radius 2 is 1.74 bits per heavy atom. The van der Waals surface area contributed by atoms with Gasteiger partial charge in [-0.3, -0.25) is 9.69 Å². The summed E-state index contributed by atoms with van der Waals surface area (Å²) in [5.74, 6) is 1.49. The number of carbonyl (C=O) groups is 2. The molecule has 0 unspecified atom stereocenters. The molecule has 8 nitrogen and oxygen atoms in total. The molecule has 0 atom stereocenters. The molecule has 1 amide bonds. The molecular weight excluding hydrogens is 414 g/mol. The van der Waals surface area contributed by atoms with Gasteiger partial charge in [0, 0.05) is 33.1 Å². The topological polar surface area (TPSA) is 78.9 Å². The number of likely N-dealkylation sites (tertiary alicyclic amines) is 1. The van der Waals surface area contributed by atoms with Gasteiger partial charge in [0.2, 0.25) is 5.91 Å². The first kappa shape index (κ1) is 22.0. The number of rotatable bonds is 5. The van der Waals surface area contributed by atoms with Gasteiger partial charge in [0.1, 0.15) is 21.3 Å². The van der Waals surface area contributed by atoms with Gasteiger partial charge in [-0.2, -0.15) is 0 Å². The zero-order chi connectivity index (χ0) is 22.0. The lowest BCUT2D eigenvalue weighted by Crippen LogP contribution is -2.48. The number of thiophene rings is 1. The first-order valence-corrected chi connectivity index (χ1v) is 12.0. The number of fused-ring (bicyclic) bond motifs is 1. The number of hydrogen-bond acceptors (Lipinski definition) is 8. The minimum atomic E-state index is -0.298. The van der Waals surface area contributed by atoms with E-state index in [1.165, 1.54) is 30.6 Å². The molecule has 9 heteroatoms. The molecule has 2 aromatic heterocycles. The van der Waals surface area contributed by atoms with Crippen molar-refractivity contribution in [3.8, 4) is 0 Å². The molecule has 2 aliphatic heterocycles. The van der Waals surface area contributed by atoms with Crippen LogP contribution in [0.5, 0.6) is 0 Å². The average molecular weight is 446 g/mol. The Bertz CT molecular complexity index is 962. The molecule has 31 heavy (non-hydrogen) atoms. The standard InChI is InChI=1S/C22H31N5O3S/c1-4-30-22(29)19-15(2)18-20(27-12-10-26(11-13-27)16(3)28)23-17(24-21(18)31-19)14-25-8-6-5-7-9-25/h4-14H2,1-3H3. The van der Waals surface area contributed by atoms with Gasteiger partial charge in [0.25, 0.3) is 0 Å². The summed E-state index contributed by atoms with van der Waals surface area (Å²) in [5, 5.41) is 0.937. The van der Waals surface area contributed by atoms with Gasteiger partial charge < -0.3 is 14.5 Å². The quantitative estimate of drug-likeness (QED) is 0.655. The molecule has 4 rings (SSSR count). The summed E-state index contributed by atoms with van der Waals surface area (Å²) in [4.78, 5) is 42.1. The summed E-state index contributed by atoms with van der Waals surface area (Å²) < 4.78 is 5.27. The number of amides is 1. The second kappa shape index (κ2) is 9.48. The zero-order valence-corrected chi connectivity index (χ0v) is 19.5. The van der Waals surface area contributed by atoms with Crippen molar-refractivity contribution in [2.75, 3.05) is 50.8 Å². The lowest BCUT2D eigenvalue weighted by Gasteiger charge is -2.35. The van der Waals surface area contributed by atoms with Gasteiger partial charge in [0.15, 0.2) is 0 Å². The number of aromatic nitrogens is 2. The molecular formula is C22H31N5O3S. The minimum absolute atomic E-state index is 0.106. The van der Waals surface area contributed by atoms with Crippen LogP contribution in [-0.4, -0.2) is 77.5 Å². The Labute approximate surface area is 187 Å². The van der Waals surface area contributed by atoms with Crippen LogP contribution in [0.1, 0.15) is 54.2 Å². The summed E-state index contributed by atoms with van der Waals surface area (Å²) in [7, 11) is 0. The molecule has 4 heterocycles. The van der Waals surface area contributed by atoms with Gasteiger partial charge in [-0.15, -0.1) is 11.3 Å². The number of aryl methyl sites for hydroxylation is 1. The Morgan fingerprint density at radius 3 is 2.39 bits per heavy atom. The van der Waals surface area contributed by atoms with E-state index in [4.69, 9.17) is 14.7 Å². The molecule has 2 saturated heterocycles. The van der Waals surface area contributed by atoms with Crippen LogP contribution in [0.25, 0.3) is 10.2 Å². The molecule has 0 aliphatic carbocycles. The third-order valence-corrected chi connectivity index (χ3v) is 7.28. The Balaban J connectivity index is 1.71. The fourth-order valence-electron chi connectivity index (χ4n) is 4.40. The van der Waals surface area contributed by atoms with Crippen LogP contribution < -0.4 is 4.90 Å². The molecule has 2 aliphatic rings. The fourth-order valence-corrected chi connectivity index (χ4v) is 5.49. The van der Waals surface area contributed by atoms with E-state index in [-0.39, 0.29) is 11.9 Å². The fraction of sp³-hybridized carbons (Fsp3) is 0.636. The summed E-state index contributed by atoms with van der Waals surface area (Å²) >= 11 is 1.40. The van der Waals surface area contributed by atoms with E-state index in [1.54, 1.807) is 6.92 Å². The van der Waals surface area contributed by atoms with E-state index in [0.29, 0.717) is 24.6 Å². The molecule has 2 aromatic rings. The van der Waals surface area contributed by atoms with E-state index in [9.17, 15) is 9.59 Å². The van der Waals surface area contributed by atoms with E-state index >= 15 is 0 Å². The van der Waals surface area contributed by atoms with E-state index < -0.39 is 0 Å². The van der Waals surface area contributed by atoms with Crippen LogP contribution in [-0.2, 0) is 16.1 Å². The monoisotopic (exact) mass is 445 g/mol. The molecule has 0 N–H and O–H groups in total. The van der Waals surface area contributed by atoms with Crippen molar-refractivity contribution >= 4 is 39.2 Å². The van der Waals surface area contributed by atoms with Gasteiger partial charge in [-0.1, -0.05) is 6.42 Å². The van der Waals surface area contributed by atoms with Gasteiger partial charge >= 0.3 is 5.97 Å². The normalized spacial score (nSPS) is 17.9. The number of nitrogens with zero attached hydrogens (tertiary/aromatic N) is 5. The van der Waals surface area contributed by atoms with Crippen molar-refractivity contribution in [3.05, 3.63) is 16.3 Å². The highest BCUT2D eigenvalue weighted by Crippen LogP contribution is 2.36. The lowest BCUT2D eigenvalue weighted by atomic mass is 10.1. The number of ether oxygens (including phenoxy) is 1. The molecule has 0 spiro atoms. The van der Waals surface area contributed by atoms with E-state index in [2.05, 4.69) is 9.80 Å². The van der Waals surface area contributed by atoms with Gasteiger partial charge in [-0.05, 0) is 45.3 Å². The van der Waals surface area contributed by atoms with Crippen molar-refractivity contribution in [1.29, 1.82) is 0 Å². The number of esters is 1. The van der Waals surface area contributed by atoms with E-state index in [1.807, 2.05) is 18.7 Å². The molecule has 0 aromatic carbocycles. The van der Waals surface area contributed by atoms with Crippen LogP contribution in [0.15, 0.2) is 0 Å². The Morgan fingerprint density at radius 1 is 1.03 bits per heavy atom. The van der Waals surface area contributed by atoms with Crippen molar-refractivity contribution in [2.24, 2.45) is 0 Å². The first-order chi connectivity index (χ1) is 15.0. The highest BCUT2D eigenvalue weighted by molar-refractivity contribution is 7.20. The first-order valence-electron chi connectivity index (χ1n) is 11.2. The van der Waals surface area contributed by atoms with Crippen LogP contribution in [0.4, 0.5) is 5.82 Å². The predicted molar refractivity (Wildman–Crippen MR) is 122 cm³/mol. The van der Waals surface area contributed by atoms with Crippen molar-refractivity contribution in [2.45, 2.75) is 46.6 Å². The summed E-state index contributed by atoms with van der Waals surface area (Å²) in [5.41, 5.74) is 0.881. The maximum absolute atomic E-state index is 12.5. The van der Waals surface area contributed by atoms with Gasteiger partial charge in [-0.25, -0.2) is 14.8 Å². The third kappa shape index (κ3) is 4.67. The van der Waals surface area contributed by atoms with Crippen molar-refractivity contribution < 1.29 is 14.3 Å². The summed E-state index contributed by atoms with van der Waals surface area (Å²) in [6.07, 6.45) is 3.72. The van der Waals surface area contributed by atoms with Crippen LogP contribution >= 0.6 is 11.3 Å². The second-order valence-electron chi connectivity index (χ2n) is 8.25. The lowest BCUT2D eigenvalue weighted by molar-refractivity contribution is -0.129. The SMILES string of the molecule is CCOC(=O)c1sc2nc(CN3CCCCC3)nc(N3CCN(C(C)=O)CC3)c2c1C. The maximum Gasteiger partial charge on any atom is 0.348 e. The van der Waals surface area contributed by atoms with Crippen LogP contribution in [0, 0.1) is 6.92 Å². The molecule has 168 valence electrons. The number of piperazine rings is 1.